The van der Waals surface area contributed by atoms with E-state index < -0.39 is 15.8 Å². The van der Waals surface area contributed by atoms with Gasteiger partial charge < -0.3 is 0 Å². The fraction of sp³-hybridized carbons (Fsp3) is 0.538. The summed E-state index contributed by atoms with van der Waals surface area (Å²) in [5.41, 5.74) is 0.429. The van der Waals surface area contributed by atoms with E-state index >= 15 is 0 Å². The maximum atomic E-state index is 13.3. The second-order valence-corrected chi connectivity index (χ2v) is 7.22. The Hall–Kier alpha value is -0.650. The Kier molecular flexibility index (Phi) is 4.18. The maximum Gasteiger partial charge on any atom is 0.243 e. The first-order valence-corrected chi connectivity index (χ1v) is 8.18. The molecule has 0 N–H and O–H groups in total. The van der Waals surface area contributed by atoms with Crippen LogP contribution in [0.15, 0.2) is 23.1 Å². The van der Waals surface area contributed by atoms with Crippen LogP contribution in [0.5, 0.6) is 0 Å². The highest BCUT2D eigenvalue weighted by molar-refractivity contribution is 7.89. The fourth-order valence-corrected chi connectivity index (χ4v) is 4.09. The molecule has 1 atom stereocenters. The molecular weight excluding hydrogens is 289 g/mol. The van der Waals surface area contributed by atoms with Crippen LogP contribution in [-0.2, 0) is 15.9 Å². The molecule has 3 nitrogen and oxygen atoms in total. The summed E-state index contributed by atoms with van der Waals surface area (Å²) in [6.07, 6.45) is 2.10. The van der Waals surface area contributed by atoms with Crippen LogP contribution >= 0.6 is 11.6 Å². The molecular formula is C13H17ClFNO2S. The van der Waals surface area contributed by atoms with Crippen molar-refractivity contribution in [2.45, 2.75) is 36.6 Å². The van der Waals surface area contributed by atoms with Crippen LogP contribution in [0.4, 0.5) is 4.39 Å². The van der Waals surface area contributed by atoms with Crippen molar-refractivity contribution in [1.29, 1.82) is 0 Å². The van der Waals surface area contributed by atoms with Crippen molar-refractivity contribution in [3.8, 4) is 0 Å². The monoisotopic (exact) mass is 305 g/mol. The van der Waals surface area contributed by atoms with E-state index in [9.17, 15) is 12.8 Å². The van der Waals surface area contributed by atoms with Crippen LogP contribution in [-0.4, -0.2) is 25.8 Å². The number of rotatable bonds is 5. The Morgan fingerprint density at radius 1 is 1.47 bits per heavy atom. The first-order valence-electron chi connectivity index (χ1n) is 6.20. The van der Waals surface area contributed by atoms with E-state index in [1.54, 1.807) is 7.05 Å². The second-order valence-electron chi connectivity index (χ2n) is 4.98. The topological polar surface area (TPSA) is 37.4 Å². The molecule has 1 aliphatic carbocycles. The zero-order valence-electron chi connectivity index (χ0n) is 10.9. The standard InChI is InChI=1S/C13H17ClFNO2S/c1-9(10-3-4-10)16(2)19(17,18)13-7-12(15)6-5-11(13)8-14/h5-7,9-10H,3-4,8H2,1-2H3. The Bertz CT molecular complexity index is 572. The molecule has 0 saturated heterocycles. The first kappa shape index (κ1) is 14.8. The first-order chi connectivity index (χ1) is 8.87. The van der Waals surface area contributed by atoms with Crippen molar-refractivity contribution < 1.29 is 12.8 Å². The SMILES string of the molecule is CC(C1CC1)N(C)S(=O)(=O)c1cc(F)ccc1CCl. The third-order valence-corrected chi connectivity index (χ3v) is 6.02. The normalized spacial score (nSPS) is 17.7. The van der Waals surface area contributed by atoms with Gasteiger partial charge in [0.1, 0.15) is 5.82 Å². The fourth-order valence-electron chi connectivity index (χ4n) is 2.13. The highest BCUT2D eigenvalue weighted by Gasteiger charge is 2.36. The van der Waals surface area contributed by atoms with E-state index in [1.807, 2.05) is 6.92 Å². The van der Waals surface area contributed by atoms with Crippen LogP contribution in [0.2, 0.25) is 0 Å². The number of halogens is 2. The average molecular weight is 306 g/mol. The minimum Gasteiger partial charge on any atom is -0.207 e. The lowest BCUT2D eigenvalue weighted by molar-refractivity contribution is 0.356. The second kappa shape index (κ2) is 5.38. The largest absolute Gasteiger partial charge is 0.243 e. The van der Waals surface area contributed by atoms with E-state index in [1.165, 1.54) is 16.4 Å². The predicted molar refractivity (Wildman–Crippen MR) is 73.1 cm³/mol. The van der Waals surface area contributed by atoms with E-state index in [0.717, 1.165) is 18.9 Å². The van der Waals surface area contributed by atoms with Crippen LogP contribution in [0.3, 0.4) is 0 Å². The average Bonchev–Trinajstić information content (AvgIpc) is 3.21. The zero-order valence-corrected chi connectivity index (χ0v) is 12.5. The molecule has 0 spiro atoms. The van der Waals surface area contributed by atoms with Gasteiger partial charge in [0.25, 0.3) is 0 Å². The molecule has 1 aromatic carbocycles. The lowest BCUT2D eigenvalue weighted by Crippen LogP contribution is -2.36. The van der Waals surface area contributed by atoms with Gasteiger partial charge in [0.2, 0.25) is 10.0 Å². The van der Waals surface area contributed by atoms with Gasteiger partial charge in [0.05, 0.1) is 4.90 Å². The van der Waals surface area contributed by atoms with E-state index in [0.29, 0.717) is 11.5 Å². The van der Waals surface area contributed by atoms with E-state index in [4.69, 9.17) is 11.6 Å². The van der Waals surface area contributed by atoms with Crippen molar-refractivity contribution in [3.05, 3.63) is 29.6 Å². The van der Waals surface area contributed by atoms with Gasteiger partial charge in [0.15, 0.2) is 0 Å². The molecule has 0 aliphatic heterocycles. The molecule has 1 unspecified atom stereocenters. The molecule has 0 aromatic heterocycles. The minimum atomic E-state index is -3.70. The highest BCUT2D eigenvalue weighted by Crippen LogP contribution is 2.36. The van der Waals surface area contributed by atoms with Crippen LogP contribution < -0.4 is 0 Å². The molecule has 6 heteroatoms. The van der Waals surface area contributed by atoms with Crippen molar-refractivity contribution >= 4 is 21.6 Å². The lowest BCUT2D eigenvalue weighted by atomic mass is 10.2. The summed E-state index contributed by atoms with van der Waals surface area (Å²) in [6, 6.07) is 3.62. The molecule has 0 radical (unpaired) electrons. The van der Waals surface area contributed by atoms with Crippen molar-refractivity contribution in [3.63, 3.8) is 0 Å². The summed E-state index contributed by atoms with van der Waals surface area (Å²) < 4.78 is 39.7. The van der Waals surface area contributed by atoms with E-state index in [2.05, 4.69) is 0 Å². The van der Waals surface area contributed by atoms with Gasteiger partial charge in [-0.05, 0) is 43.4 Å². The summed E-state index contributed by atoms with van der Waals surface area (Å²) in [5, 5.41) is 0. The Morgan fingerprint density at radius 2 is 2.11 bits per heavy atom. The summed E-state index contributed by atoms with van der Waals surface area (Å²) in [6.45, 7) is 1.88. The van der Waals surface area contributed by atoms with Crippen LogP contribution in [0.25, 0.3) is 0 Å². The summed E-state index contributed by atoms with van der Waals surface area (Å²) in [5.74, 6) is -0.117. The van der Waals surface area contributed by atoms with E-state index in [-0.39, 0.29) is 16.8 Å². The Morgan fingerprint density at radius 3 is 2.63 bits per heavy atom. The van der Waals surface area contributed by atoms with Gasteiger partial charge in [-0.1, -0.05) is 6.07 Å². The zero-order chi connectivity index (χ0) is 14.2. The summed E-state index contributed by atoms with van der Waals surface area (Å²) in [7, 11) is -2.16. The maximum absolute atomic E-state index is 13.3. The number of hydrogen-bond acceptors (Lipinski definition) is 2. The molecule has 1 aliphatic rings. The van der Waals surface area contributed by atoms with Gasteiger partial charge >= 0.3 is 0 Å². The Labute approximate surface area is 118 Å². The van der Waals surface area contributed by atoms with Crippen LogP contribution in [0, 0.1) is 11.7 Å². The number of sulfonamides is 1. The Balaban J connectivity index is 2.40. The third-order valence-electron chi connectivity index (χ3n) is 3.71. The van der Waals surface area contributed by atoms with Crippen molar-refractivity contribution in [2.24, 2.45) is 5.92 Å². The summed E-state index contributed by atoms with van der Waals surface area (Å²) in [4.78, 5) is -0.0301. The molecule has 0 heterocycles. The molecule has 2 rings (SSSR count). The molecule has 1 aromatic rings. The molecule has 1 fully saturated rings. The molecule has 106 valence electrons. The van der Waals surface area contributed by atoms with Crippen LogP contribution in [0.1, 0.15) is 25.3 Å². The lowest BCUT2D eigenvalue weighted by Gasteiger charge is -2.25. The number of nitrogens with zero attached hydrogens (tertiary/aromatic N) is 1. The molecule has 19 heavy (non-hydrogen) atoms. The quantitative estimate of drug-likeness (QED) is 0.784. The number of alkyl halides is 1. The van der Waals surface area contributed by atoms with Gasteiger partial charge in [-0.2, -0.15) is 4.31 Å². The smallest absolute Gasteiger partial charge is 0.207 e. The van der Waals surface area contributed by atoms with Gasteiger partial charge in [-0.3, -0.25) is 0 Å². The molecule has 0 amide bonds. The number of hydrogen-bond donors (Lipinski definition) is 0. The van der Waals surface area contributed by atoms with Crippen molar-refractivity contribution in [2.75, 3.05) is 7.05 Å². The van der Waals surface area contributed by atoms with Gasteiger partial charge in [-0.25, -0.2) is 12.8 Å². The van der Waals surface area contributed by atoms with Crippen molar-refractivity contribution in [1.82, 2.24) is 4.31 Å². The molecule has 1 saturated carbocycles. The summed E-state index contributed by atoms with van der Waals surface area (Å²) >= 11 is 5.74. The third kappa shape index (κ3) is 2.93. The predicted octanol–water partition coefficient (Wildman–Crippen LogP) is 2.98. The van der Waals surface area contributed by atoms with Gasteiger partial charge in [0, 0.05) is 19.0 Å². The van der Waals surface area contributed by atoms with Gasteiger partial charge in [-0.15, -0.1) is 11.6 Å². The molecule has 0 bridgehead atoms. The highest BCUT2D eigenvalue weighted by atomic mass is 35.5. The minimum absolute atomic E-state index is 0.0301. The number of benzene rings is 1.